The van der Waals surface area contributed by atoms with Crippen LogP contribution >= 0.6 is 0 Å². The first-order chi connectivity index (χ1) is 14.9. The van der Waals surface area contributed by atoms with Crippen molar-refractivity contribution in [2.24, 2.45) is 0 Å². The molecule has 3 heteroatoms. The molecule has 4 aromatic rings. The Morgan fingerprint density at radius 2 is 1.29 bits per heavy atom. The first kappa shape index (κ1) is 21.1. The summed E-state index contributed by atoms with van der Waals surface area (Å²) in [7, 11) is 0.00944. The van der Waals surface area contributed by atoms with Gasteiger partial charge in [0.1, 0.15) is 0 Å². The molecule has 2 nitrogen and oxygen atoms in total. The van der Waals surface area contributed by atoms with Gasteiger partial charge in [0, 0.05) is 0 Å². The normalized spacial score (nSPS) is 11.6. The zero-order valence-corrected chi connectivity index (χ0v) is 19.5. The van der Waals surface area contributed by atoms with Crippen molar-refractivity contribution in [1.29, 1.82) is 0 Å². The molecule has 4 rings (SSSR count). The van der Waals surface area contributed by atoms with Crippen LogP contribution in [0.3, 0.4) is 0 Å². The Kier molecular flexibility index (Phi) is 5.79. The van der Waals surface area contributed by atoms with E-state index in [0.29, 0.717) is 5.56 Å². The molecular weight excluding hydrogens is 396 g/mol. The van der Waals surface area contributed by atoms with E-state index >= 15 is 0 Å². The fourth-order valence-electron chi connectivity index (χ4n) is 4.18. The third-order valence-electron chi connectivity index (χ3n) is 5.62. The second-order valence-electron chi connectivity index (χ2n) is 8.74. The monoisotopic (exact) mass is 423 g/mol. The average Bonchev–Trinajstić information content (AvgIpc) is 2.79. The number of esters is 1. The summed E-state index contributed by atoms with van der Waals surface area (Å²) in [6, 6.07) is 31.6. The molecule has 0 amide bonds. The summed E-state index contributed by atoms with van der Waals surface area (Å²) < 4.78 is 5.35. The van der Waals surface area contributed by atoms with Crippen LogP contribution in [0.2, 0.25) is 0 Å². The number of hydrogen-bond acceptors (Lipinski definition) is 2. The molecule has 0 bridgehead atoms. The van der Waals surface area contributed by atoms with Crippen LogP contribution in [-0.4, -0.2) is 21.9 Å². The Hall–Kier alpha value is -3.17. The highest BCUT2D eigenvalue weighted by Gasteiger charge is 2.33. The van der Waals surface area contributed by atoms with E-state index in [4.69, 9.17) is 4.74 Å². The highest BCUT2D eigenvalue weighted by Crippen LogP contribution is 2.29. The van der Waals surface area contributed by atoms with Crippen LogP contribution in [0, 0.1) is 0 Å². The summed E-state index contributed by atoms with van der Waals surface area (Å²) in [6.45, 7) is 6.66. The SMILES string of the molecule is COC(=O)c1c([Si](c2ccccc2)c2ccccc2)c(C(C)(C)C)cc2ccccc12. The molecule has 0 unspecified atom stereocenters. The lowest BCUT2D eigenvalue weighted by atomic mass is 9.84. The van der Waals surface area contributed by atoms with E-state index in [1.165, 1.54) is 23.0 Å². The van der Waals surface area contributed by atoms with Gasteiger partial charge in [-0.2, -0.15) is 0 Å². The summed E-state index contributed by atoms with van der Waals surface area (Å²) >= 11 is 0. The molecule has 0 fully saturated rings. The predicted molar refractivity (Wildman–Crippen MR) is 132 cm³/mol. The molecule has 0 saturated carbocycles. The maximum atomic E-state index is 13.3. The van der Waals surface area contributed by atoms with Gasteiger partial charge in [-0.25, -0.2) is 4.79 Å². The molecule has 0 N–H and O–H groups in total. The molecular formula is C28H27O2Si. The topological polar surface area (TPSA) is 26.3 Å². The largest absolute Gasteiger partial charge is 0.465 e. The molecule has 0 heterocycles. The fourth-order valence-corrected chi connectivity index (χ4v) is 7.34. The Morgan fingerprint density at radius 3 is 1.81 bits per heavy atom. The van der Waals surface area contributed by atoms with E-state index < -0.39 is 8.80 Å². The molecule has 31 heavy (non-hydrogen) atoms. The number of ether oxygens (including phenoxy) is 1. The molecule has 0 atom stereocenters. The number of benzene rings is 4. The van der Waals surface area contributed by atoms with Gasteiger partial charge >= 0.3 is 5.97 Å². The van der Waals surface area contributed by atoms with Crippen molar-refractivity contribution in [3.05, 3.63) is 102 Å². The number of rotatable bonds is 4. The van der Waals surface area contributed by atoms with Crippen LogP contribution in [-0.2, 0) is 10.2 Å². The van der Waals surface area contributed by atoms with Crippen molar-refractivity contribution in [2.45, 2.75) is 26.2 Å². The molecule has 0 aliphatic rings. The summed E-state index contributed by atoms with van der Waals surface area (Å²) in [5.74, 6) is -0.272. The van der Waals surface area contributed by atoms with Crippen LogP contribution in [0.25, 0.3) is 10.8 Å². The summed E-state index contributed by atoms with van der Waals surface area (Å²) in [5.41, 5.74) is 1.77. The smallest absolute Gasteiger partial charge is 0.338 e. The zero-order valence-electron chi connectivity index (χ0n) is 18.5. The molecule has 0 aromatic heterocycles. The zero-order chi connectivity index (χ0) is 22.0. The van der Waals surface area contributed by atoms with Gasteiger partial charge < -0.3 is 4.74 Å². The number of carbonyl (C=O) groups is 1. The van der Waals surface area contributed by atoms with E-state index in [-0.39, 0.29) is 11.4 Å². The van der Waals surface area contributed by atoms with Gasteiger partial charge in [-0.15, -0.1) is 0 Å². The first-order valence-electron chi connectivity index (χ1n) is 10.5. The second-order valence-corrected chi connectivity index (χ2v) is 11.1. The fraction of sp³-hybridized carbons (Fsp3) is 0.179. The van der Waals surface area contributed by atoms with Gasteiger partial charge in [-0.05, 0) is 26.9 Å². The second kappa shape index (κ2) is 8.52. The molecule has 0 saturated heterocycles. The van der Waals surface area contributed by atoms with Crippen molar-refractivity contribution in [3.8, 4) is 0 Å². The van der Waals surface area contributed by atoms with Gasteiger partial charge in [-0.1, -0.05) is 122 Å². The minimum absolute atomic E-state index is 0.137. The number of carbonyl (C=O) groups excluding carboxylic acids is 1. The quantitative estimate of drug-likeness (QED) is 0.276. The van der Waals surface area contributed by atoms with Gasteiger partial charge in [-0.3, -0.25) is 0 Å². The Morgan fingerprint density at radius 1 is 0.774 bits per heavy atom. The number of hydrogen-bond donors (Lipinski definition) is 0. The third-order valence-corrected chi connectivity index (χ3v) is 8.46. The average molecular weight is 424 g/mol. The standard InChI is InChI=1S/C28H27O2Si/c1-28(2,3)24-19-20-13-11-12-18-23(20)25(27(29)30-4)26(24)31(21-14-7-5-8-15-21)22-16-9-6-10-17-22/h5-19H,1-4H3. The third kappa shape index (κ3) is 4.06. The summed E-state index contributed by atoms with van der Waals surface area (Å²) in [5, 5.41) is 5.65. The van der Waals surface area contributed by atoms with Crippen LogP contribution in [0.15, 0.2) is 91.0 Å². The van der Waals surface area contributed by atoms with Crippen molar-refractivity contribution in [3.63, 3.8) is 0 Å². The predicted octanol–water partition coefficient (Wildman–Crippen LogP) is 4.44. The van der Waals surface area contributed by atoms with Gasteiger partial charge in [0.25, 0.3) is 0 Å². The van der Waals surface area contributed by atoms with Crippen LogP contribution < -0.4 is 15.6 Å². The summed E-state index contributed by atoms with van der Waals surface area (Å²) in [4.78, 5) is 13.3. The highest BCUT2D eigenvalue weighted by molar-refractivity contribution is 6.96. The molecule has 0 aliphatic carbocycles. The van der Waals surface area contributed by atoms with Crippen LogP contribution in [0.5, 0.6) is 0 Å². The molecule has 0 aliphatic heterocycles. The van der Waals surface area contributed by atoms with E-state index in [1.807, 2.05) is 30.3 Å². The molecule has 0 spiro atoms. The van der Waals surface area contributed by atoms with E-state index in [9.17, 15) is 4.79 Å². The van der Waals surface area contributed by atoms with Gasteiger partial charge in [0.15, 0.2) is 8.80 Å². The minimum Gasteiger partial charge on any atom is -0.465 e. The Bertz CT molecular complexity index is 1170. The van der Waals surface area contributed by atoms with Gasteiger partial charge in [0.2, 0.25) is 0 Å². The van der Waals surface area contributed by atoms with Crippen molar-refractivity contribution in [2.75, 3.05) is 7.11 Å². The van der Waals surface area contributed by atoms with Crippen LogP contribution in [0.1, 0.15) is 36.7 Å². The highest BCUT2D eigenvalue weighted by atomic mass is 28.3. The lowest BCUT2D eigenvalue weighted by Gasteiger charge is -2.30. The number of methoxy groups -OCH3 is 1. The Labute approximate surface area is 186 Å². The van der Waals surface area contributed by atoms with E-state index in [2.05, 4.69) is 81.4 Å². The Balaban J connectivity index is 2.18. The maximum Gasteiger partial charge on any atom is 0.338 e. The molecule has 155 valence electrons. The van der Waals surface area contributed by atoms with E-state index in [0.717, 1.165) is 16.0 Å². The van der Waals surface area contributed by atoms with Crippen molar-refractivity contribution >= 4 is 41.1 Å². The molecule has 1 radical (unpaired) electrons. The number of fused-ring (bicyclic) bond motifs is 1. The van der Waals surface area contributed by atoms with E-state index in [1.54, 1.807) is 0 Å². The van der Waals surface area contributed by atoms with Crippen molar-refractivity contribution in [1.82, 2.24) is 0 Å². The minimum atomic E-state index is -1.46. The van der Waals surface area contributed by atoms with Gasteiger partial charge in [0.05, 0.1) is 12.7 Å². The molecule has 4 aromatic carbocycles. The lowest BCUT2D eigenvalue weighted by molar-refractivity contribution is 0.0604. The van der Waals surface area contributed by atoms with Crippen LogP contribution in [0.4, 0.5) is 0 Å². The summed E-state index contributed by atoms with van der Waals surface area (Å²) in [6.07, 6.45) is 0. The lowest BCUT2D eigenvalue weighted by Crippen LogP contribution is -2.56. The van der Waals surface area contributed by atoms with Crippen molar-refractivity contribution < 1.29 is 9.53 Å². The maximum absolute atomic E-state index is 13.3. The first-order valence-corrected chi connectivity index (χ1v) is 12.0.